The molecule has 0 atom stereocenters. The number of benzene rings is 1. The van der Waals surface area contributed by atoms with E-state index in [4.69, 9.17) is 0 Å². The van der Waals surface area contributed by atoms with Gasteiger partial charge in [0.15, 0.2) is 0 Å². The summed E-state index contributed by atoms with van der Waals surface area (Å²) in [4.78, 5) is 8.69. The highest BCUT2D eigenvalue weighted by atomic mass is 15.1. The molecule has 21 heavy (non-hydrogen) atoms. The molecule has 0 amide bonds. The first-order valence-corrected chi connectivity index (χ1v) is 7.63. The van der Waals surface area contributed by atoms with Crippen molar-refractivity contribution in [2.75, 3.05) is 17.2 Å². The van der Waals surface area contributed by atoms with Gasteiger partial charge >= 0.3 is 0 Å². The van der Waals surface area contributed by atoms with Crippen molar-refractivity contribution in [2.24, 2.45) is 0 Å². The van der Waals surface area contributed by atoms with Gasteiger partial charge in [0.05, 0.1) is 0 Å². The Bertz CT molecular complexity index is 549. The van der Waals surface area contributed by atoms with Crippen LogP contribution >= 0.6 is 0 Å². The van der Waals surface area contributed by atoms with E-state index >= 15 is 0 Å². The van der Waals surface area contributed by atoms with Crippen LogP contribution in [0.5, 0.6) is 0 Å². The molecular formula is C17H24N4. The molecule has 2 N–H and O–H groups in total. The summed E-state index contributed by atoms with van der Waals surface area (Å²) in [5, 5.41) is 6.54. The van der Waals surface area contributed by atoms with Gasteiger partial charge in [-0.25, -0.2) is 4.98 Å². The lowest BCUT2D eigenvalue weighted by Crippen LogP contribution is -2.06. The molecule has 4 heteroatoms. The van der Waals surface area contributed by atoms with E-state index < -0.39 is 0 Å². The lowest BCUT2D eigenvalue weighted by Gasteiger charge is -2.10. The molecule has 2 aromatic rings. The number of nitrogens with zero attached hydrogens (tertiary/aromatic N) is 2. The fourth-order valence-corrected chi connectivity index (χ4v) is 1.99. The molecule has 4 nitrogen and oxygen atoms in total. The minimum Gasteiger partial charge on any atom is -0.354 e. The van der Waals surface area contributed by atoms with E-state index in [0.29, 0.717) is 11.9 Å². The maximum absolute atomic E-state index is 4.46. The third kappa shape index (κ3) is 4.74. The predicted octanol–water partition coefficient (Wildman–Crippen LogP) is 4.56. The molecule has 0 fully saturated rings. The molecule has 0 unspecified atom stereocenters. The highest BCUT2D eigenvalue weighted by Gasteiger charge is 2.01. The average Bonchev–Trinajstić information content (AvgIpc) is 2.48. The van der Waals surface area contributed by atoms with Crippen LogP contribution in [-0.2, 0) is 0 Å². The van der Waals surface area contributed by atoms with Crippen LogP contribution in [0.2, 0.25) is 0 Å². The second-order valence-electron chi connectivity index (χ2n) is 5.45. The van der Waals surface area contributed by atoms with Gasteiger partial charge in [0.25, 0.3) is 0 Å². The van der Waals surface area contributed by atoms with E-state index in [-0.39, 0.29) is 0 Å². The highest BCUT2D eigenvalue weighted by Crippen LogP contribution is 2.19. The zero-order valence-corrected chi connectivity index (χ0v) is 13.1. The van der Waals surface area contributed by atoms with Crippen LogP contribution in [-0.4, -0.2) is 16.5 Å². The first-order valence-electron chi connectivity index (χ1n) is 7.63. The number of anilines is 3. The normalized spacial score (nSPS) is 10.7. The number of hydrogen-bond acceptors (Lipinski definition) is 4. The van der Waals surface area contributed by atoms with Crippen molar-refractivity contribution in [1.82, 2.24) is 9.97 Å². The number of hydrogen-bond donors (Lipinski definition) is 2. The standard InChI is InChI=1S/C17H24N4/c1-4-5-11-18-17-19-12-10-16(21-17)20-15-8-6-14(7-9-15)13(2)3/h6-10,12-13H,4-5,11H2,1-3H3,(H2,18,19,20,21). The van der Waals surface area contributed by atoms with E-state index in [1.807, 2.05) is 6.07 Å². The Morgan fingerprint density at radius 3 is 2.52 bits per heavy atom. The van der Waals surface area contributed by atoms with Gasteiger partial charge in [-0.05, 0) is 36.1 Å². The third-order valence-electron chi connectivity index (χ3n) is 3.32. The molecule has 0 bridgehead atoms. The van der Waals surface area contributed by atoms with Crippen LogP contribution in [0, 0.1) is 0 Å². The van der Waals surface area contributed by atoms with Crippen LogP contribution in [0.15, 0.2) is 36.5 Å². The Kier molecular flexibility index (Phi) is 5.55. The van der Waals surface area contributed by atoms with Crippen molar-refractivity contribution in [3.05, 3.63) is 42.1 Å². The predicted molar refractivity (Wildman–Crippen MR) is 89.2 cm³/mol. The van der Waals surface area contributed by atoms with Crippen molar-refractivity contribution in [2.45, 2.75) is 39.5 Å². The fraction of sp³-hybridized carbons (Fsp3) is 0.412. The van der Waals surface area contributed by atoms with Crippen molar-refractivity contribution in [3.8, 4) is 0 Å². The number of rotatable bonds is 7. The van der Waals surface area contributed by atoms with Crippen LogP contribution in [0.3, 0.4) is 0 Å². The van der Waals surface area contributed by atoms with Gasteiger partial charge in [0.2, 0.25) is 5.95 Å². The quantitative estimate of drug-likeness (QED) is 0.732. The van der Waals surface area contributed by atoms with E-state index in [1.54, 1.807) is 6.20 Å². The van der Waals surface area contributed by atoms with E-state index in [2.05, 4.69) is 65.6 Å². The van der Waals surface area contributed by atoms with Crippen LogP contribution in [0.1, 0.15) is 45.1 Å². The van der Waals surface area contributed by atoms with E-state index in [0.717, 1.165) is 30.9 Å². The maximum atomic E-state index is 4.46. The molecule has 0 aliphatic rings. The average molecular weight is 284 g/mol. The molecule has 2 rings (SSSR count). The minimum absolute atomic E-state index is 0.549. The summed E-state index contributed by atoms with van der Waals surface area (Å²) in [6.07, 6.45) is 4.05. The summed E-state index contributed by atoms with van der Waals surface area (Å²) in [6, 6.07) is 10.3. The fourth-order valence-electron chi connectivity index (χ4n) is 1.99. The molecule has 1 aromatic heterocycles. The molecular weight excluding hydrogens is 260 g/mol. The second kappa shape index (κ2) is 7.62. The van der Waals surface area contributed by atoms with Crippen LogP contribution in [0.25, 0.3) is 0 Å². The van der Waals surface area contributed by atoms with Gasteiger partial charge in [-0.15, -0.1) is 0 Å². The number of nitrogens with one attached hydrogen (secondary N) is 2. The van der Waals surface area contributed by atoms with Crippen LogP contribution in [0.4, 0.5) is 17.5 Å². The lowest BCUT2D eigenvalue weighted by atomic mass is 10.0. The third-order valence-corrected chi connectivity index (χ3v) is 3.32. The molecule has 0 saturated carbocycles. The molecule has 0 radical (unpaired) electrons. The van der Waals surface area contributed by atoms with Gasteiger partial charge in [0.1, 0.15) is 5.82 Å². The molecule has 1 heterocycles. The van der Waals surface area contributed by atoms with Crippen molar-refractivity contribution < 1.29 is 0 Å². The Balaban J connectivity index is 2.00. The lowest BCUT2D eigenvalue weighted by molar-refractivity contribution is 0.826. The minimum atomic E-state index is 0.549. The highest BCUT2D eigenvalue weighted by molar-refractivity contribution is 5.57. The Labute approximate surface area is 127 Å². The SMILES string of the molecule is CCCCNc1nccc(Nc2ccc(C(C)C)cc2)n1. The first kappa shape index (κ1) is 15.3. The summed E-state index contributed by atoms with van der Waals surface area (Å²) in [5.41, 5.74) is 2.38. The maximum Gasteiger partial charge on any atom is 0.224 e. The van der Waals surface area contributed by atoms with Crippen molar-refractivity contribution in [1.29, 1.82) is 0 Å². The topological polar surface area (TPSA) is 49.8 Å². The molecule has 0 aliphatic heterocycles. The van der Waals surface area contributed by atoms with Crippen molar-refractivity contribution in [3.63, 3.8) is 0 Å². The van der Waals surface area contributed by atoms with Gasteiger partial charge < -0.3 is 10.6 Å². The van der Waals surface area contributed by atoms with E-state index in [9.17, 15) is 0 Å². The van der Waals surface area contributed by atoms with E-state index in [1.165, 1.54) is 5.56 Å². The second-order valence-corrected chi connectivity index (χ2v) is 5.45. The van der Waals surface area contributed by atoms with Gasteiger partial charge in [-0.2, -0.15) is 4.98 Å². The Morgan fingerprint density at radius 2 is 1.86 bits per heavy atom. The van der Waals surface area contributed by atoms with Gasteiger partial charge in [-0.3, -0.25) is 0 Å². The number of aromatic nitrogens is 2. The summed E-state index contributed by atoms with van der Waals surface area (Å²) in [6.45, 7) is 7.46. The molecule has 112 valence electrons. The Hall–Kier alpha value is -2.10. The van der Waals surface area contributed by atoms with Gasteiger partial charge in [-0.1, -0.05) is 39.3 Å². The van der Waals surface area contributed by atoms with Crippen LogP contribution < -0.4 is 10.6 Å². The summed E-state index contributed by atoms with van der Waals surface area (Å²) >= 11 is 0. The zero-order chi connectivity index (χ0) is 15.1. The summed E-state index contributed by atoms with van der Waals surface area (Å²) in [5.74, 6) is 2.03. The first-order chi connectivity index (χ1) is 10.2. The number of unbranched alkanes of at least 4 members (excludes halogenated alkanes) is 1. The zero-order valence-electron chi connectivity index (χ0n) is 13.1. The smallest absolute Gasteiger partial charge is 0.224 e. The molecule has 1 aromatic carbocycles. The molecule has 0 aliphatic carbocycles. The monoisotopic (exact) mass is 284 g/mol. The molecule has 0 spiro atoms. The molecule has 0 saturated heterocycles. The Morgan fingerprint density at radius 1 is 1.10 bits per heavy atom. The largest absolute Gasteiger partial charge is 0.354 e. The summed E-state index contributed by atoms with van der Waals surface area (Å²) in [7, 11) is 0. The van der Waals surface area contributed by atoms with Gasteiger partial charge in [0, 0.05) is 18.4 Å². The van der Waals surface area contributed by atoms with Crippen molar-refractivity contribution >= 4 is 17.5 Å². The summed E-state index contributed by atoms with van der Waals surface area (Å²) < 4.78 is 0.